The van der Waals surface area contributed by atoms with Crippen LogP contribution in [-0.4, -0.2) is 14.5 Å². The van der Waals surface area contributed by atoms with Crippen molar-refractivity contribution in [3.8, 4) is 0 Å². The second-order valence-electron chi connectivity index (χ2n) is 4.62. The molecule has 0 N–H and O–H groups in total. The van der Waals surface area contributed by atoms with Gasteiger partial charge in [-0.2, -0.15) is 0 Å². The molecule has 5 aromatic rings. The van der Waals surface area contributed by atoms with Gasteiger partial charge in [0.1, 0.15) is 0 Å². The zero-order valence-electron chi connectivity index (χ0n) is 9.84. The van der Waals surface area contributed by atoms with Crippen LogP contribution in [0.2, 0.25) is 0 Å². The SMILES string of the molecule is c1ccc2c(c1)sc1c3sc4ccccc4c3[se]c21. The van der Waals surface area contributed by atoms with Gasteiger partial charge in [-0.05, 0) is 0 Å². The number of benzene rings is 2. The maximum atomic E-state index is 2.28. The van der Waals surface area contributed by atoms with E-state index in [1.807, 2.05) is 22.7 Å². The van der Waals surface area contributed by atoms with Gasteiger partial charge in [-0.1, -0.05) is 0 Å². The summed E-state index contributed by atoms with van der Waals surface area (Å²) < 4.78 is 9.19. The van der Waals surface area contributed by atoms with Gasteiger partial charge in [-0.25, -0.2) is 0 Å². The van der Waals surface area contributed by atoms with Crippen LogP contribution in [-0.2, 0) is 0 Å². The fourth-order valence-corrected chi connectivity index (χ4v) is 8.98. The maximum absolute atomic E-state index is 2.28. The zero-order valence-corrected chi connectivity index (χ0v) is 13.2. The van der Waals surface area contributed by atoms with Gasteiger partial charge >= 0.3 is 124 Å². The molecule has 0 bridgehead atoms. The van der Waals surface area contributed by atoms with E-state index >= 15 is 0 Å². The zero-order chi connectivity index (χ0) is 12.4. The molecule has 5 rings (SSSR count). The van der Waals surface area contributed by atoms with Gasteiger partial charge in [0.15, 0.2) is 0 Å². The van der Waals surface area contributed by atoms with Crippen LogP contribution in [0.25, 0.3) is 38.1 Å². The Labute approximate surface area is 123 Å². The van der Waals surface area contributed by atoms with Crippen LogP contribution in [0, 0.1) is 0 Å². The Morgan fingerprint density at radius 1 is 0.632 bits per heavy atom. The van der Waals surface area contributed by atoms with Crippen molar-refractivity contribution < 1.29 is 0 Å². The van der Waals surface area contributed by atoms with Crippen LogP contribution in [0.5, 0.6) is 0 Å². The van der Waals surface area contributed by atoms with E-state index in [1.54, 1.807) is 8.52 Å². The molecular formula is C16H8S2Se. The molecule has 19 heavy (non-hydrogen) atoms. The summed E-state index contributed by atoms with van der Waals surface area (Å²) in [5, 5.41) is 2.96. The van der Waals surface area contributed by atoms with Crippen LogP contribution >= 0.6 is 22.7 Å². The van der Waals surface area contributed by atoms with E-state index in [0.717, 1.165) is 0 Å². The van der Waals surface area contributed by atoms with Crippen molar-refractivity contribution in [2.24, 2.45) is 0 Å². The molecule has 90 valence electrons. The molecule has 0 nitrogen and oxygen atoms in total. The molecule has 3 heteroatoms. The van der Waals surface area contributed by atoms with E-state index in [2.05, 4.69) is 48.5 Å². The van der Waals surface area contributed by atoms with Gasteiger partial charge in [0.2, 0.25) is 0 Å². The summed E-state index contributed by atoms with van der Waals surface area (Å²) >= 11 is 4.42. The first kappa shape index (κ1) is 10.6. The van der Waals surface area contributed by atoms with Gasteiger partial charge in [0.05, 0.1) is 0 Å². The van der Waals surface area contributed by atoms with Crippen LogP contribution in [0.4, 0.5) is 0 Å². The Kier molecular flexibility index (Phi) is 2.08. The molecule has 0 aliphatic rings. The van der Waals surface area contributed by atoms with Crippen molar-refractivity contribution >= 4 is 75.3 Å². The van der Waals surface area contributed by atoms with Crippen molar-refractivity contribution in [2.45, 2.75) is 0 Å². The summed E-state index contributed by atoms with van der Waals surface area (Å²) in [5.41, 5.74) is 0. The Bertz CT molecular complexity index is 977. The number of hydrogen-bond donors (Lipinski definition) is 0. The molecule has 0 radical (unpaired) electrons. The molecule has 3 heterocycles. The summed E-state index contributed by atoms with van der Waals surface area (Å²) in [5.74, 6) is 0. The van der Waals surface area contributed by atoms with E-state index in [1.165, 1.54) is 29.6 Å². The van der Waals surface area contributed by atoms with E-state index in [4.69, 9.17) is 0 Å². The monoisotopic (exact) mass is 344 g/mol. The third-order valence-corrected chi connectivity index (χ3v) is 9.24. The van der Waals surface area contributed by atoms with Crippen molar-refractivity contribution in [3.05, 3.63) is 48.5 Å². The molecule has 2 aromatic carbocycles. The molecule has 0 saturated carbocycles. The molecule has 0 aliphatic carbocycles. The summed E-state index contributed by atoms with van der Waals surface area (Å²) in [6, 6.07) is 17.7. The number of rotatable bonds is 0. The molecule has 0 fully saturated rings. The first-order valence-corrected chi connectivity index (χ1v) is 9.48. The Morgan fingerprint density at radius 3 is 1.63 bits per heavy atom. The predicted molar refractivity (Wildman–Crippen MR) is 89.2 cm³/mol. The topological polar surface area (TPSA) is 0 Å². The first-order chi connectivity index (χ1) is 9.42. The second-order valence-corrected chi connectivity index (χ2v) is 8.86. The predicted octanol–water partition coefficient (Wildman–Crippen LogP) is 5.48. The Hall–Kier alpha value is -1.12. The van der Waals surface area contributed by atoms with Gasteiger partial charge < -0.3 is 0 Å². The van der Waals surface area contributed by atoms with E-state index in [0.29, 0.717) is 14.5 Å². The van der Waals surface area contributed by atoms with Crippen molar-refractivity contribution in [3.63, 3.8) is 0 Å². The summed E-state index contributed by atoms with van der Waals surface area (Å²) in [6.07, 6.45) is 0. The van der Waals surface area contributed by atoms with Crippen LogP contribution < -0.4 is 0 Å². The molecular weight excluding hydrogens is 335 g/mol. The molecule has 0 atom stereocenters. The molecule has 0 saturated heterocycles. The molecule has 3 aromatic heterocycles. The van der Waals surface area contributed by atoms with Gasteiger partial charge in [-0.15, -0.1) is 0 Å². The van der Waals surface area contributed by atoms with E-state index in [-0.39, 0.29) is 0 Å². The Morgan fingerprint density at radius 2 is 1.11 bits per heavy atom. The molecule has 0 spiro atoms. The average Bonchev–Trinajstić information content (AvgIpc) is 3.07. The van der Waals surface area contributed by atoms with Gasteiger partial charge in [-0.3, -0.25) is 0 Å². The minimum absolute atomic E-state index is 0.476. The first-order valence-electron chi connectivity index (χ1n) is 6.13. The van der Waals surface area contributed by atoms with E-state index < -0.39 is 0 Å². The second kappa shape index (κ2) is 3.71. The molecule has 0 unspecified atom stereocenters. The van der Waals surface area contributed by atoms with Crippen LogP contribution in [0.15, 0.2) is 48.5 Å². The molecule has 0 amide bonds. The van der Waals surface area contributed by atoms with Crippen molar-refractivity contribution in [2.75, 3.05) is 0 Å². The average molecular weight is 343 g/mol. The van der Waals surface area contributed by atoms with Crippen molar-refractivity contribution in [1.82, 2.24) is 0 Å². The minimum atomic E-state index is 0.476. The van der Waals surface area contributed by atoms with Crippen LogP contribution in [0.1, 0.15) is 0 Å². The fourth-order valence-electron chi connectivity index (χ4n) is 2.65. The summed E-state index contributed by atoms with van der Waals surface area (Å²) in [6.45, 7) is 0. The fraction of sp³-hybridized carbons (Fsp3) is 0. The summed E-state index contributed by atoms with van der Waals surface area (Å²) in [4.78, 5) is 0. The van der Waals surface area contributed by atoms with Crippen LogP contribution in [0.3, 0.4) is 0 Å². The number of fused-ring (bicyclic) bond motifs is 7. The van der Waals surface area contributed by atoms with Crippen molar-refractivity contribution in [1.29, 1.82) is 0 Å². The summed E-state index contributed by atoms with van der Waals surface area (Å²) in [7, 11) is 0. The Balaban J connectivity index is 2.10. The third-order valence-electron chi connectivity index (χ3n) is 3.51. The van der Waals surface area contributed by atoms with Gasteiger partial charge in [0, 0.05) is 0 Å². The number of hydrogen-bond acceptors (Lipinski definition) is 2. The molecule has 0 aliphatic heterocycles. The number of thiophene rings is 2. The van der Waals surface area contributed by atoms with E-state index in [9.17, 15) is 0 Å². The normalized spacial score (nSPS) is 12.2. The van der Waals surface area contributed by atoms with Gasteiger partial charge in [0.25, 0.3) is 0 Å². The third kappa shape index (κ3) is 1.34. The standard InChI is InChI=1S/C16H8S2Se/c1-3-7-11-9(5-1)15-13(17-11)14-16(19-15)10-6-2-4-8-12(10)18-14/h1-8H. The quantitative estimate of drug-likeness (QED) is 0.327.